The molecular formula is C30H26N6O3S2. The van der Waals surface area contributed by atoms with E-state index in [0.29, 0.717) is 22.5 Å². The second-order valence-corrected chi connectivity index (χ2v) is 12.7. The molecule has 4 heterocycles. The summed E-state index contributed by atoms with van der Waals surface area (Å²) < 4.78 is 30.6. The molecule has 1 N–H and O–H groups in total. The topological polar surface area (TPSA) is 112 Å². The van der Waals surface area contributed by atoms with Crippen molar-refractivity contribution in [1.29, 1.82) is 0 Å². The van der Waals surface area contributed by atoms with Crippen LogP contribution in [0, 0.1) is 20.8 Å². The molecule has 0 aliphatic heterocycles. The zero-order valence-electron chi connectivity index (χ0n) is 22.6. The number of carbonyl (C=O) groups excluding carboxylic acids is 1. The molecule has 11 heteroatoms. The Balaban J connectivity index is 1.43. The Hall–Kier alpha value is -4.61. The second kappa shape index (κ2) is 10.4. The van der Waals surface area contributed by atoms with Crippen molar-refractivity contribution in [3.8, 4) is 10.6 Å². The summed E-state index contributed by atoms with van der Waals surface area (Å²) in [6, 6.07) is 18.1. The van der Waals surface area contributed by atoms with E-state index in [4.69, 9.17) is 4.98 Å². The van der Waals surface area contributed by atoms with Crippen molar-refractivity contribution < 1.29 is 13.2 Å². The van der Waals surface area contributed by atoms with Crippen LogP contribution in [0.15, 0.2) is 84.1 Å². The van der Waals surface area contributed by atoms with Crippen LogP contribution in [0.5, 0.6) is 0 Å². The number of carbonyl (C=O) groups is 1. The number of hydrogen-bond acceptors (Lipinski definition) is 8. The number of anilines is 2. The van der Waals surface area contributed by atoms with E-state index in [-0.39, 0.29) is 16.5 Å². The minimum absolute atomic E-state index is 0.161. The molecule has 4 aromatic heterocycles. The van der Waals surface area contributed by atoms with Crippen molar-refractivity contribution in [1.82, 2.24) is 23.5 Å². The van der Waals surface area contributed by atoms with Gasteiger partial charge >= 0.3 is 0 Å². The molecule has 206 valence electrons. The van der Waals surface area contributed by atoms with Crippen molar-refractivity contribution in [2.24, 2.45) is 0 Å². The van der Waals surface area contributed by atoms with E-state index < -0.39 is 10.0 Å². The quantitative estimate of drug-likeness (QED) is 0.215. The van der Waals surface area contributed by atoms with Crippen LogP contribution in [0.25, 0.3) is 21.6 Å². The summed E-state index contributed by atoms with van der Waals surface area (Å²) >= 11 is 1.31. The lowest BCUT2D eigenvalue weighted by atomic mass is 10.2. The first-order valence-electron chi connectivity index (χ1n) is 12.8. The summed E-state index contributed by atoms with van der Waals surface area (Å²) in [4.78, 5) is 26.8. The summed E-state index contributed by atoms with van der Waals surface area (Å²) in [5.74, 6) is 1.18. The fraction of sp³-hybridized carbons (Fsp3) is 0.133. The predicted octanol–water partition coefficient (Wildman–Crippen LogP) is 6.12. The molecule has 0 aliphatic carbocycles. The number of aryl methyl sites for hydroxylation is 3. The fourth-order valence-electron chi connectivity index (χ4n) is 4.57. The highest BCUT2D eigenvalue weighted by atomic mass is 32.2. The average molecular weight is 583 g/mol. The lowest BCUT2D eigenvalue weighted by molar-refractivity contribution is 0.112. The number of hydrogen-bond donors (Lipinski definition) is 1. The molecule has 0 saturated carbocycles. The molecule has 0 spiro atoms. The van der Waals surface area contributed by atoms with Crippen LogP contribution in [0.3, 0.4) is 0 Å². The van der Waals surface area contributed by atoms with Gasteiger partial charge < -0.3 is 9.88 Å². The van der Waals surface area contributed by atoms with Gasteiger partial charge in [0.25, 0.3) is 10.0 Å². The second-order valence-electron chi connectivity index (χ2n) is 9.76. The lowest BCUT2D eigenvalue weighted by Crippen LogP contribution is -2.13. The minimum Gasteiger partial charge on any atom is -0.331 e. The van der Waals surface area contributed by atoms with Crippen molar-refractivity contribution in [2.75, 3.05) is 5.32 Å². The molecule has 2 aromatic carbocycles. The van der Waals surface area contributed by atoms with Crippen molar-refractivity contribution >= 4 is 50.3 Å². The van der Waals surface area contributed by atoms with Gasteiger partial charge in [-0.05, 0) is 68.3 Å². The van der Waals surface area contributed by atoms with E-state index in [2.05, 4.69) is 19.9 Å². The van der Waals surface area contributed by atoms with Gasteiger partial charge in [0, 0.05) is 36.2 Å². The zero-order chi connectivity index (χ0) is 28.7. The highest BCUT2D eigenvalue weighted by Gasteiger charge is 2.23. The van der Waals surface area contributed by atoms with Crippen LogP contribution in [0.1, 0.15) is 32.2 Å². The molecule has 6 rings (SSSR count). The molecule has 9 nitrogen and oxygen atoms in total. The molecule has 0 amide bonds. The van der Waals surface area contributed by atoms with Gasteiger partial charge in [-0.15, -0.1) is 11.3 Å². The molecule has 0 saturated heterocycles. The Morgan fingerprint density at radius 1 is 0.951 bits per heavy atom. The number of aldehydes is 1. The van der Waals surface area contributed by atoms with Crippen LogP contribution in [-0.4, -0.2) is 38.2 Å². The van der Waals surface area contributed by atoms with E-state index in [1.807, 2.05) is 57.3 Å². The van der Waals surface area contributed by atoms with Crippen molar-refractivity contribution in [2.45, 2.75) is 32.2 Å². The minimum atomic E-state index is -3.93. The molecule has 0 atom stereocenters. The molecule has 0 aliphatic rings. The number of thiophene rings is 1. The first kappa shape index (κ1) is 26.6. The lowest BCUT2D eigenvalue weighted by Gasteiger charge is -2.11. The molecule has 0 bridgehead atoms. The van der Waals surface area contributed by atoms with E-state index in [9.17, 15) is 13.2 Å². The van der Waals surface area contributed by atoms with Crippen LogP contribution < -0.4 is 5.32 Å². The normalized spacial score (nSPS) is 11.7. The maximum atomic E-state index is 13.7. The SMILES string of the molecule is Cc1ccc(S(=O)(=O)n2ccc3c(-c4cc(C)c(C=O)s4)nc(Nc4ccc(Cn5ccnc5C)cc4)nc32)cc1. The van der Waals surface area contributed by atoms with Gasteiger partial charge in [-0.3, -0.25) is 4.79 Å². The van der Waals surface area contributed by atoms with Gasteiger partial charge in [-0.25, -0.2) is 22.4 Å². The molecule has 41 heavy (non-hydrogen) atoms. The van der Waals surface area contributed by atoms with Crippen LogP contribution >= 0.6 is 11.3 Å². The van der Waals surface area contributed by atoms with Gasteiger partial charge in [0.1, 0.15) is 5.82 Å². The van der Waals surface area contributed by atoms with E-state index in [1.165, 1.54) is 21.5 Å². The number of rotatable bonds is 8. The van der Waals surface area contributed by atoms with Gasteiger partial charge in [0.2, 0.25) is 5.95 Å². The highest BCUT2D eigenvalue weighted by molar-refractivity contribution is 7.90. The summed E-state index contributed by atoms with van der Waals surface area (Å²) in [5, 5.41) is 3.81. The Morgan fingerprint density at radius 3 is 2.37 bits per heavy atom. The standard InChI is InChI=1S/C30H26N6O3S2/c1-19-4-10-24(11-5-19)41(38,39)36-14-12-25-28(26-16-20(2)27(18-37)40-26)33-30(34-29(25)36)32-23-8-6-22(7-9-23)17-35-15-13-31-21(35)3/h4-16,18H,17H2,1-3H3,(H,32,33,34). The first-order valence-corrected chi connectivity index (χ1v) is 15.1. The number of imidazole rings is 1. The fourth-order valence-corrected chi connectivity index (χ4v) is 6.86. The first-order chi connectivity index (χ1) is 19.7. The molecular weight excluding hydrogens is 557 g/mol. The zero-order valence-corrected chi connectivity index (χ0v) is 24.2. The highest BCUT2D eigenvalue weighted by Crippen LogP contribution is 2.36. The van der Waals surface area contributed by atoms with Crippen LogP contribution in [-0.2, 0) is 16.6 Å². The van der Waals surface area contributed by atoms with Gasteiger partial charge in [0.15, 0.2) is 11.9 Å². The Bertz CT molecular complexity index is 2000. The van der Waals surface area contributed by atoms with Crippen molar-refractivity contribution in [3.05, 3.63) is 107 Å². The average Bonchev–Trinajstić information content (AvgIpc) is 3.68. The molecule has 0 fully saturated rings. The number of benzene rings is 2. The summed E-state index contributed by atoms with van der Waals surface area (Å²) in [6.07, 6.45) is 6.03. The van der Waals surface area contributed by atoms with Crippen LogP contribution in [0.4, 0.5) is 11.6 Å². The predicted molar refractivity (Wildman–Crippen MR) is 161 cm³/mol. The monoisotopic (exact) mass is 582 g/mol. The Morgan fingerprint density at radius 2 is 1.71 bits per heavy atom. The third kappa shape index (κ3) is 5.05. The van der Waals surface area contributed by atoms with Gasteiger partial charge in [-0.2, -0.15) is 4.98 Å². The Labute approximate surface area is 241 Å². The molecule has 0 unspecified atom stereocenters. The number of fused-ring (bicyclic) bond motifs is 1. The number of nitrogens with one attached hydrogen (secondary N) is 1. The maximum absolute atomic E-state index is 13.7. The summed E-state index contributed by atoms with van der Waals surface area (Å²) in [7, 11) is -3.93. The van der Waals surface area contributed by atoms with E-state index in [1.54, 1.807) is 36.5 Å². The van der Waals surface area contributed by atoms with Gasteiger partial charge in [0.05, 0.1) is 20.3 Å². The smallest absolute Gasteiger partial charge is 0.269 e. The Kier molecular flexibility index (Phi) is 6.76. The number of aromatic nitrogens is 5. The van der Waals surface area contributed by atoms with Gasteiger partial charge in [-0.1, -0.05) is 29.8 Å². The van der Waals surface area contributed by atoms with E-state index in [0.717, 1.165) is 39.4 Å². The van der Waals surface area contributed by atoms with Crippen molar-refractivity contribution in [3.63, 3.8) is 0 Å². The largest absolute Gasteiger partial charge is 0.331 e. The molecule has 0 radical (unpaired) electrons. The third-order valence-electron chi connectivity index (χ3n) is 6.87. The maximum Gasteiger partial charge on any atom is 0.269 e. The summed E-state index contributed by atoms with van der Waals surface area (Å²) in [5.41, 5.74) is 4.42. The van der Waals surface area contributed by atoms with Crippen LogP contribution in [0.2, 0.25) is 0 Å². The molecule has 6 aromatic rings. The number of nitrogens with zero attached hydrogens (tertiary/aromatic N) is 5. The van der Waals surface area contributed by atoms with E-state index >= 15 is 0 Å². The summed E-state index contributed by atoms with van der Waals surface area (Å²) in [6.45, 7) is 6.42. The third-order valence-corrected chi connectivity index (χ3v) is 9.72.